The minimum Gasteiger partial charge on any atom is -0.303 e. The summed E-state index contributed by atoms with van der Waals surface area (Å²) in [5, 5.41) is 0. The van der Waals surface area contributed by atoms with Crippen LogP contribution in [0.4, 0.5) is 0 Å². The first-order valence-electron chi connectivity index (χ1n) is 5.30. The standard InChI is InChI=1S/C11H20O/c1-2-10-5-7-11(8-6-10)4-3-9-12/h9-11H,2-8H2,1H3. The summed E-state index contributed by atoms with van der Waals surface area (Å²) < 4.78 is 0. The number of carbonyl (C=O) groups is 1. The molecule has 12 heavy (non-hydrogen) atoms. The third-order valence-corrected chi connectivity index (χ3v) is 3.24. The van der Waals surface area contributed by atoms with Crippen molar-refractivity contribution in [3.63, 3.8) is 0 Å². The van der Waals surface area contributed by atoms with E-state index in [-0.39, 0.29) is 0 Å². The summed E-state index contributed by atoms with van der Waals surface area (Å²) in [4.78, 5) is 10.2. The molecule has 0 radical (unpaired) electrons. The van der Waals surface area contributed by atoms with Crippen LogP contribution in [0.15, 0.2) is 0 Å². The first kappa shape index (κ1) is 9.76. The molecule has 0 aromatic carbocycles. The van der Waals surface area contributed by atoms with Gasteiger partial charge in [0, 0.05) is 6.42 Å². The summed E-state index contributed by atoms with van der Waals surface area (Å²) in [5.41, 5.74) is 0. The molecule has 0 aliphatic heterocycles. The fraction of sp³-hybridized carbons (Fsp3) is 0.909. The second-order valence-electron chi connectivity index (χ2n) is 4.04. The van der Waals surface area contributed by atoms with Gasteiger partial charge in [0.05, 0.1) is 0 Å². The van der Waals surface area contributed by atoms with Crippen molar-refractivity contribution in [3.8, 4) is 0 Å². The van der Waals surface area contributed by atoms with Gasteiger partial charge in [-0.2, -0.15) is 0 Å². The Bertz CT molecular complexity index is 123. The fourth-order valence-electron chi connectivity index (χ4n) is 2.23. The third-order valence-electron chi connectivity index (χ3n) is 3.24. The molecule has 1 heteroatoms. The molecule has 0 saturated heterocycles. The molecule has 70 valence electrons. The molecule has 1 aliphatic rings. The molecule has 1 aliphatic carbocycles. The second-order valence-corrected chi connectivity index (χ2v) is 4.04. The van der Waals surface area contributed by atoms with Gasteiger partial charge in [-0.3, -0.25) is 0 Å². The van der Waals surface area contributed by atoms with Gasteiger partial charge in [0.1, 0.15) is 6.29 Å². The maximum Gasteiger partial charge on any atom is 0.120 e. The Morgan fingerprint density at radius 2 is 1.75 bits per heavy atom. The minimum absolute atomic E-state index is 0.779. The predicted molar refractivity (Wildman–Crippen MR) is 51.0 cm³/mol. The SMILES string of the molecule is CCC1CCC(CCC=O)CC1. The van der Waals surface area contributed by atoms with Gasteiger partial charge in [-0.1, -0.05) is 39.0 Å². The van der Waals surface area contributed by atoms with E-state index in [0.29, 0.717) is 0 Å². The lowest BCUT2D eigenvalue weighted by Gasteiger charge is -2.27. The molecule has 0 spiro atoms. The van der Waals surface area contributed by atoms with Crippen molar-refractivity contribution in [3.05, 3.63) is 0 Å². The highest BCUT2D eigenvalue weighted by Crippen LogP contribution is 2.32. The number of rotatable bonds is 4. The molecule has 0 amide bonds. The number of aldehydes is 1. The monoisotopic (exact) mass is 168 g/mol. The quantitative estimate of drug-likeness (QED) is 0.589. The molecular formula is C11H20O. The van der Waals surface area contributed by atoms with Gasteiger partial charge in [-0.25, -0.2) is 0 Å². The molecule has 0 N–H and O–H groups in total. The van der Waals surface area contributed by atoms with E-state index < -0.39 is 0 Å². The van der Waals surface area contributed by atoms with Crippen LogP contribution in [0.5, 0.6) is 0 Å². The predicted octanol–water partition coefficient (Wildman–Crippen LogP) is 3.18. The van der Waals surface area contributed by atoms with Crippen molar-refractivity contribution < 1.29 is 4.79 Å². The van der Waals surface area contributed by atoms with E-state index >= 15 is 0 Å². The molecule has 0 heterocycles. The van der Waals surface area contributed by atoms with Crippen molar-refractivity contribution in [2.45, 2.75) is 51.9 Å². The molecular weight excluding hydrogens is 148 g/mol. The molecule has 1 fully saturated rings. The zero-order valence-electron chi connectivity index (χ0n) is 8.09. The van der Waals surface area contributed by atoms with Gasteiger partial charge in [0.15, 0.2) is 0 Å². The zero-order valence-corrected chi connectivity index (χ0v) is 8.09. The highest BCUT2D eigenvalue weighted by Gasteiger charge is 2.18. The molecule has 1 nitrogen and oxygen atoms in total. The first-order chi connectivity index (χ1) is 5.86. The summed E-state index contributed by atoms with van der Waals surface area (Å²) in [6, 6.07) is 0. The Balaban J connectivity index is 2.12. The smallest absolute Gasteiger partial charge is 0.120 e. The van der Waals surface area contributed by atoms with Gasteiger partial charge in [-0.05, 0) is 18.3 Å². The number of hydrogen-bond donors (Lipinski definition) is 0. The molecule has 0 bridgehead atoms. The molecule has 0 unspecified atom stereocenters. The lowest BCUT2D eigenvalue weighted by Crippen LogP contribution is -2.13. The molecule has 0 atom stereocenters. The zero-order chi connectivity index (χ0) is 8.81. The molecule has 0 aromatic heterocycles. The van der Waals surface area contributed by atoms with Crippen molar-refractivity contribution in [1.29, 1.82) is 0 Å². The summed E-state index contributed by atoms with van der Waals surface area (Å²) in [5.74, 6) is 1.84. The van der Waals surface area contributed by atoms with Crippen LogP contribution in [0, 0.1) is 11.8 Å². The van der Waals surface area contributed by atoms with E-state index in [1.54, 1.807) is 0 Å². The van der Waals surface area contributed by atoms with Crippen molar-refractivity contribution in [2.75, 3.05) is 0 Å². The first-order valence-corrected chi connectivity index (χ1v) is 5.30. The molecule has 1 saturated carbocycles. The molecule has 1 rings (SSSR count). The maximum absolute atomic E-state index is 10.2. The Morgan fingerprint density at radius 1 is 1.17 bits per heavy atom. The van der Waals surface area contributed by atoms with Gasteiger partial charge in [0.2, 0.25) is 0 Å². The Kier molecular flexibility index (Phi) is 4.34. The third kappa shape index (κ3) is 2.96. The van der Waals surface area contributed by atoms with Crippen LogP contribution >= 0.6 is 0 Å². The van der Waals surface area contributed by atoms with E-state index in [2.05, 4.69) is 6.92 Å². The van der Waals surface area contributed by atoms with Gasteiger partial charge < -0.3 is 4.79 Å². The lowest BCUT2D eigenvalue weighted by molar-refractivity contribution is -0.108. The number of carbonyl (C=O) groups excluding carboxylic acids is 1. The van der Waals surface area contributed by atoms with E-state index in [1.807, 2.05) is 0 Å². The maximum atomic E-state index is 10.2. The van der Waals surface area contributed by atoms with Crippen molar-refractivity contribution >= 4 is 6.29 Å². The minimum atomic E-state index is 0.779. The summed E-state index contributed by atoms with van der Waals surface area (Å²) in [6.45, 7) is 2.29. The second kappa shape index (κ2) is 5.34. The summed E-state index contributed by atoms with van der Waals surface area (Å²) in [7, 11) is 0. The van der Waals surface area contributed by atoms with E-state index in [4.69, 9.17) is 0 Å². The van der Waals surface area contributed by atoms with Crippen molar-refractivity contribution in [2.24, 2.45) is 11.8 Å². The average Bonchev–Trinajstić information content (AvgIpc) is 2.15. The van der Waals surface area contributed by atoms with Crippen LogP contribution in [-0.4, -0.2) is 6.29 Å². The van der Waals surface area contributed by atoms with E-state index in [9.17, 15) is 4.79 Å². The fourth-order valence-corrected chi connectivity index (χ4v) is 2.23. The highest BCUT2D eigenvalue weighted by atomic mass is 16.1. The lowest BCUT2D eigenvalue weighted by atomic mass is 9.79. The van der Waals surface area contributed by atoms with Crippen LogP contribution in [0.3, 0.4) is 0 Å². The topological polar surface area (TPSA) is 17.1 Å². The summed E-state index contributed by atoms with van der Waals surface area (Å²) in [6.07, 6.45) is 9.87. The van der Waals surface area contributed by atoms with Crippen LogP contribution in [-0.2, 0) is 4.79 Å². The van der Waals surface area contributed by atoms with E-state index in [0.717, 1.165) is 31.0 Å². The summed E-state index contributed by atoms with van der Waals surface area (Å²) >= 11 is 0. The normalized spacial score (nSPS) is 30.1. The van der Waals surface area contributed by atoms with Gasteiger partial charge in [-0.15, -0.1) is 0 Å². The molecule has 0 aromatic rings. The van der Waals surface area contributed by atoms with Gasteiger partial charge >= 0.3 is 0 Å². The largest absolute Gasteiger partial charge is 0.303 e. The van der Waals surface area contributed by atoms with Crippen LogP contribution in [0.1, 0.15) is 51.9 Å². The van der Waals surface area contributed by atoms with E-state index in [1.165, 1.54) is 32.1 Å². The number of hydrogen-bond acceptors (Lipinski definition) is 1. The van der Waals surface area contributed by atoms with Crippen LogP contribution in [0.25, 0.3) is 0 Å². The van der Waals surface area contributed by atoms with Crippen LogP contribution in [0.2, 0.25) is 0 Å². The Morgan fingerprint density at radius 3 is 2.25 bits per heavy atom. The average molecular weight is 168 g/mol. The van der Waals surface area contributed by atoms with Gasteiger partial charge in [0.25, 0.3) is 0 Å². The Labute approximate surface area is 75.5 Å². The Hall–Kier alpha value is -0.330. The van der Waals surface area contributed by atoms with Crippen molar-refractivity contribution in [1.82, 2.24) is 0 Å². The highest BCUT2D eigenvalue weighted by molar-refractivity contribution is 5.49. The van der Waals surface area contributed by atoms with Crippen LogP contribution < -0.4 is 0 Å².